The van der Waals surface area contributed by atoms with Gasteiger partial charge >= 0.3 is 0 Å². The first-order valence-electron chi connectivity index (χ1n) is 10.2. The van der Waals surface area contributed by atoms with Gasteiger partial charge in [-0.3, -0.25) is 9.55 Å². The number of ether oxygens (including phenoxy) is 2. The van der Waals surface area contributed by atoms with Crippen molar-refractivity contribution < 1.29 is 9.47 Å². The third kappa shape index (κ3) is 3.36. The Morgan fingerprint density at radius 1 is 0.939 bits per heavy atom. The largest absolute Gasteiger partial charge is 0.497 e. The summed E-state index contributed by atoms with van der Waals surface area (Å²) in [5.74, 6) is 1.29. The van der Waals surface area contributed by atoms with Crippen LogP contribution in [0.25, 0.3) is 38.8 Å². The Morgan fingerprint density at radius 3 is 2.52 bits per heavy atom. The van der Waals surface area contributed by atoms with Gasteiger partial charge in [0, 0.05) is 18.5 Å². The van der Waals surface area contributed by atoms with Gasteiger partial charge < -0.3 is 14.0 Å². The first-order chi connectivity index (χ1) is 16.1. The van der Waals surface area contributed by atoms with Gasteiger partial charge in [-0.25, -0.2) is 4.98 Å². The number of aromatic nitrogens is 4. The minimum atomic E-state index is 0.473. The van der Waals surface area contributed by atoms with Gasteiger partial charge in [-0.1, -0.05) is 18.2 Å². The molecule has 0 amide bonds. The zero-order chi connectivity index (χ0) is 22.9. The summed E-state index contributed by atoms with van der Waals surface area (Å²) in [6.45, 7) is 0. The van der Waals surface area contributed by atoms with Crippen molar-refractivity contribution in [3.63, 3.8) is 0 Å². The van der Waals surface area contributed by atoms with E-state index in [-0.39, 0.29) is 0 Å². The van der Waals surface area contributed by atoms with Gasteiger partial charge in [0.2, 0.25) is 17.7 Å². The Hall–Kier alpha value is -4.64. The number of rotatable bonds is 4. The van der Waals surface area contributed by atoms with Crippen molar-refractivity contribution in [3.8, 4) is 34.6 Å². The van der Waals surface area contributed by atoms with Gasteiger partial charge in [0.15, 0.2) is 0 Å². The van der Waals surface area contributed by atoms with Crippen molar-refractivity contribution in [3.05, 3.63) is 72.6 Å². The summed E-state index contributed by atoms with van der Waals surface area (Å²) in [5, 5.41) is 10.3. The average molecular weight is 436 g/mol. The van der Waals surface area contributed by atoms with Crippen LogP contribution < -0.4 is 15.1 Å². The predicted octanol–water partition coefficient (Wildman–Crippen LogP) is 3.98. The fourth-order valence-corrected chi connectivity index (χ4v) is 4.03. The second-order valence-corrected chi connectivity index (χ2v) is 7.42. The van der Waals surface area contributed by atoms with Crippen LogP contribution in [0.5, 0.6) is 11.6 Å². The molecule has 5 rings (SSSR count). The lowest BCUT2D eigenvalue weighted by Crippen LogP contribution is -2.22. The Morgan fingerprint density at radius 2 is 1.79 bits per heavy atom. The van der Waals surface area contributed by atoms with Crippen molar-refractivity contribution in [2.75, 3.05) is 14.2 Å². The molecule has 162 valence electrons. The molecule has 0 aliphatic carbocycles. The van der Waals surface area contributed by atoms with Crippen molar-refractivity contribution >= 4 is 21.9 Å². The van der Waals surface area contributed by atoms with Gasteiger partial charge in [-0.05, 0) is 41.5 Å². The fraction of sp³-hybridized carbons (Fsp3) is 0.120. The minimum Gasteiger partial charge on any atom is -0.497 e. The number of nitrogens with zero attached hydrogens (tertiary/aromatic N) is 6. The van der Waals surface area contributed by atoms with Crippen LogP contribution in [0.2, 0.25) is 0 Å². The first kappa shape index (κ1) is 20.3. The molecule has 0 bridgehead atoms. The number of methoxy groups -OCH3 is 2. The summed E-state index contributed by atoms with van der Waals surface area (Å²) >= 11 is 0. The third-order valence-electron chi connectivity index (χ3n) is 5.65. The number of aryl methyl sites for hydroxylation is 1. The lowest BCUT2D eigenvalue weighted by atomic mass is 10.0. The molecule has 8 nitrogen and oxygen atoms in total. The Balaban J connectivity index is 1.87. The molecule has 0 fully saturated rings. The van der Waals surface area contributed by atoms with Crippen LogP contribution >= 0.6 is 0 Å². The van der Waals surface area contributed by atoms with E-state index in [9.17, 15) is 5.26 Å². The number of benzene rings is 2. The summed E-state index contributed by atoms with van der Waals surface area (Å²) in [6.07, 6.45) is 5.42. The predicted molar refractivity (Wildman–Crippen MR) is 125 cm³/mol. The van der Waals surface area contributed by atoms with E-state index in [1.165, 1.54) is 0 Å². The molecule has 8 heteroatoms. The van der Waals surface area contributed by atoms with Gasteiger partial charge in [0.1, 0.15) is 5.75 Å². The molecule has 0 spiro atoms. The molecule has 0 aliphatic heterocycles. The van der Waals surface area contributed by atoms with E-state index < -0.39 is 0 Å². The fourth-order valence-electron chi connectivity index (χ4n) is 4.03. The van der Waals surface area contributed by atoms with Crippen LogP contribution in [0.15, 0.2) is 72.0 Å². The van der Waals surface area contributed by atoms with Gasteiger partial charge in [0.25, 0.3) is 0 Å². The number of hydrogen-bond acceptors (Lipinski definition) is 6. The highest BCUT2D eigenvalue weighted by Gasteiger charge is 2.16. The van der Waals surface area contributed by atoms with Gasteiger partial charge in [-0.2, -0.15) is 5.26 Å². The lowest BCUT2D eigenvalue weighted by Gasteiger charge is -2.09. The van der Waals surface area contributed by atoms with E-state index in [0.29, 0.717) is 11.5 Å². The van der Waals surface area contributed by atoms with E-state index in [1.807, 2.05) is 64.8 Å². The standard InChI is InChI=1S/C25H20N6O2/c1-30-22-14-27-21-9-7-17(16-5-4-6-19(11-16)32-2)12-20(21)24(22)31(25(30)29-15-26)18-8-10-23(33-3)28-13-18/h4-14H,1-3H3. The average Bonchev–Trinajstić information content (AvgIpc) is 3.15. The monoisotopic (exact) mass is 436 g/mol. The van der Waals surface area contributed by atoms with Crippen molar-refractivity contribution in [2.45, 2.75) is 0 Å². The molecular weight excluding hydrogens is 416 g/mol. The SMILES string of the molecule is COc1cccc(-c2ccc3ncc4c(c3c2)n(-c2ccc(OC)nc2)c(=NC#N)n4C)c1. The molecule has 0 N–H and O–H groups in total. The van der Waals surface area contributed by atoms with Crippen LogP contribution in [-0.2, 0) is 7.05 Å². The normalized spacial score (nSPS) is 11.6. The second kappa shape index (κ2) is 8.13. The number of nitriles is 1. The number of fused-ring (bicyclic) bond motifs is 3. The Kier molecular flexibility index (Phi) is 4.99. The Labute approximate surface area is 189 Å². The zero-order valence-electron chi connectivity index (χ0n) is 18.4. The molecular formula is C25H20N6O2. The highest BCUT2D eigenvalue weighted by Crippen LogP contribution is 2.31. The summed E-state index contributed by atoms with van der Waals surface area (Å²) in [4.78, 5) is 13.1. The molecule has 0 unspecified atom stereocenters. The molecule has 33 heavy (non-hydrogen) atoms. The maximum Gasteiger partial charge on any atom is 0.226 e. The molecule has 0 aliphatic rings. The highest BCUT2D eigenvalue weighted by atomic mass is 16.5. The van der Waals surface area contributed by atoms with Crippen molar-refractivity contribution in [2.24, 2.45) is 12.0 Å². The van der Waals surface area contributed by atoms with Crippen molar-refractivity contribution in [1.29, 1.82) is 5.26 Å². The number of imidazole rings is 1. The van der Waals surface area contributed by atoms with E-state index in [2.05, 4.69) is 21.0 Å². The summed E-state index contributed by atoms with van der Waals surface area (Å²) in [6, 6.07) is 17.7. The topological polar surface area (TPSA) is 90.2 Å². The van der Waals surface area contributed by atoms with E-state index in [4.69, 9.17) is 9.47 Å². The first-order valence-corrected chi connectivity index (χ1v) is 10.2. The van der Waals surface area contributed by atoms with Crippen LogP contribution in [0, 0.1) is 11.5 Å². The van der Waals surface area contributed by atoms with Crippen LogP contribution in [0.1, 0.15) is 0 Å². The second-order valence-electron chi connectivity index (χ2n) is 7.42. The molecule has 5 aromatic rings. The number of hydrogen-bond donors (Lipinski definition) is 0. The smallest absolute Gasteiger partial charge is 0.226 e. The van der Waals surface area contributed by atoms with Crippen molar-refractivity contribution in [1.82, 2.24) is 19.1 Å². The molecule has 2 aromatic carbocycles. The third-order valence-corrected chi connectivity index (χ3v) is 5.65. The quantitative estimate of drug-likeness (QED) is 0.398. The number of pyridine rings is 2. The van der Waals surface area contributed by atoms with E-state index in [1.54, 1.807) is 32.7 Å². The maximum atomic E-state index is 9.37. The molecule has 3 heterocycles. The minimum absolute atomic E-state index is 0.473. The summed E-state index contributed by atoms with van der Waals surface area (Å²) in [7, 11) is 5.09. The highest BCUT2D eigenvalue weighted by molar-refractivity contribution is 6.04. The lowest BCUT2D eigenvalue weighted by molar-refractivity contribution is 0.398. The van der Waals surface area contributed by atoms with Crippen LogP contribution in [-0.4, -0.2) is 33.3 Å². The van der Waals surface area contributed by atoms with E-state index >= 15 is 0 Å². The molecule has 0 radical (unpaired) electrons. The zero-order valence-corrected chi connectivity index (χ0v) is 18.4. The molecule has 0 atom stereocenters. The molecule has 3 aromatic heterocycles. The van der Waals surface area contributed by atoms with Gasteiger partial charge in [-0.15, -0.1) is 4.99 Å². The Bertz CT molecular complexity index is 1610. The van der Waals surface area contributed by atoms with Gasteiger partial charge in [0.05, 0.1) is 48.9 Å². The summed E-state index contributed by atoms with van der Waals surface area (Å²) in [5.41, 5.74) is 5.85. The summed E-state index contributed by atoms with van der Waals surface area (Å²) < 4.78 is 14.4. The maximum absolute atomic E-state index is 9.37. The molecule has 0 saturated carbocycles. The van der Waals surface area contributed by atoms with Crippen LogP contribution in [0.3, 0.4) is 0 Å². The van der Waals surface area contributed by atoms with E-state index in [0.717, 1.165) is 44.5 Å². The van der Waals surface area contributed by atoms with Crippen LogP contribution in [0.4, 0.5) is 0 Å². The molecule has 0 saturated heterocycles.